The van der Waals surface area contributed by atoms with Crippen LogP contribution < -0.4 is 5.32 Å². The van der Waals surface area contributed by atoms with E-state index in [9.17, 15) is 4.79 Å². The maximum absolute atomic E-state index is 11.8. The molecule has 0 radical (unpaired) electrons. The van der Waals surface area contributed by atoms with E-state index in [1.165, 1.54) is 6.08 Å². The lowest BCUT2D eigenvalue weighted by Crippen LogP contribution is -2.08. The predicted octanol–water partition coefficient (Wildman–Crippen LogP) is 3.86. The summed E-state index contributed by atoms with van der Waals surface area (Å²) >= 11 is 5.99. The van der Waals surface area contributed by atoms with Gasteiger partial charge in [0, 0.05) is 11.1 Å². The summed E-state index contributed by atoms with van der Waals surface area (Å²) < 4.78 is 0. The van der Waals surface area contributed by atoms with Crippen molar-refractivity contribution in [3.05, 3.63) is 70.8 Å². The van der Waals surface area contributed by atoms with Gasteiger partial charge in [0.15, 0.2) is 0 Å². The van der Waals surface area contributed by atoms with Crippen molar-refractivity contribution in [2.75, 3.05) is 5.32 Å². The van der Waals surface area contributed by atoms with Gasteiger partial charge in [-0.2, -0.15) is 5.26 Å². The minimum absolute atomic E-state index is 0.312. The first-order valence-electron chi connectivity index (χ1n) is 5.93. The topological polar surface area (TPSA) is 52.9 Å². The summed E-state index contributed by atoms with van der Waals surface area (Å²) in [7, 11) is 0. The van der Waals surface area contributed by atoms with E-state index in [4.69, 9.17) is 16.9 Å². The second-order valence-electron chi connectivity index (χ2n) is 4.00. The van der Waals surface area contributed by atoms with E-state index in [-0.39, 0.29) is 5.91 Å². The van der Waals surface area contributed by atoms with Crippen LogP contribution in [-0.2, 0) is 4.79 Å². The molecular weight excluding hydrogens is 272 g/mol. The molecule has 0 aliphatic carbocycles. The third kappa shape index (κ3) is 3.47. The van der Waals surface area contributed by atoms with E-state index in [0.717, 1.165) is 5.56 Å². The zero-order valence-electron chi connectivity index (χ0n) is 10.5. The molecule has 0 fully saturated rings. The van der Waals surface area contributed by atoms with Crippen molar-refractivity contribution in [1.82, 2.24) is 0 Å². The smallest absolute Gasteiger partial charge is 0.248 e. The fourth-order valence-electron chi connectivity index (χ4n) is 1.64. The number of rotatable bonds is 3. The van der Waals surface area contributed by atoms with E-state index in [1.54, 1.807) is 36.4 Å². The van der Waals surface area contributed by atoms with Crippen molar-refractivity contribution < 1.29 is 4.79 Å². The van der Waals surface area contributed by atoms with Gasteiger partial charge in [-0.05, 0) is 29.8 Å². The molecule has 20 heavy (non-hydrogen) atoms. The maximum atomic E-state index is 11.8. The van der Waals surface area contributed by atoms with Crippen LogP contribution in [0.5, 0.6) is 0 Å². The first kappa shape index (κ1) is 13.9. The van der Waals surface area contributed by atoms with Crippen molar-refractivity contribution in [3.8, 4) is 6.07 Å². The molecule has 0 aromatic heterocycles. The van der Waals surface area contributed by atoms with Crippen LogP contribution in [0, 0.1) is 11.3 Å². The Morgan fingerprint density at radius 3 is 2.60 bits per heavy atom. The van der Waals surface area contributed by atoms with E-state index in [2.05, 4.69) is 5.32 Å². The van der Waals surface area contributed by atoms with Crippen LogP contribution >= 0.6 is 11.6 Å². The molecule has 1 amide bonds. The van der Waals surface area contributed by atoms with Crippen molar-refractivity contribution in [3.63, 3.8) is 0 Å². The Labute approximate surface area is 122 Å². The third-order valence-corrected chi connectivity index (χ3v) is 2.97. The van der Waals surface area contributed by atoms with Gasteiger partial charge in [0.2, 0.25) is 5.91 Å². The molecule has 0 saturated carbocycles. The summed E-state index contributed by atoms with van der Waals surface area (Å²) in [6, 6.07) is 16.1. The number of amides is 1. The fourth-order valence-corrected chi connectivity index (χ4v) is 1.84. The van der Waals surface area contributed by atoms with E-state index in [0.29, 0.717) is 16.3 Å². The van der Waals surface area contributed by atoms with Crippen LogP contribution in [0.2, 0.25) is 5.02 Å². The SMILES string of the molecule is N#Cc1ccccc1NC(=O)/C=C/c1ccccc1Cl. The van der Waals surface area contributed by atoms with Gasteiger partial charge in [0.25, 0.3) is 0 Å². The highest BCUT2D eigenvalue weighted by molar-refractivity contribution is 6.32. The molecule has 2 aromatic rings. The minimum atomic E-state index is -0.312. The number of para-hydroxylation sites is 1. The van der Waals surface area contributed by atoms with E-state index in [1.807, 2.05) is 24.3 Å². The monoisotopic (exact) mass is 282 g/mol. The Hall–Kier alpha value is -2.57. The molecule has 1 N–H and O–H groups in total. The zero-order chi connectivity index (χ0) is 14.4. The number of carbonyl (C=O) groups is 1. The molecule has 98 valence electrons. The van der Waals surface area contributed by atoms with Gasteiger partial charge in [-0.3, -0.25) is 4.79 Å². The fraction of sp³-hybridized carbons (Fsp3) is 0. The van der Waals surface area contributed by atoms with Crippen molar-refractivity contribution in [1.29, 1.82) is 5.26 Å². The lowest BCUT2D eigenvalue weighted by atomic mass is 10.2. The molecule has 0 aliphatic rings. The second-order valence-corrected chi connectivity index (χ2v) is 4.41. The number of benzene rings is 2. The molecule has 0 heterocycles. The van der Waals surface area contributed by atoms with E-state index < -0.39 is 0 Å². The highest BCUT2D eigenvalue weighted by Crippen LogP contribution is 2.17. The summed E-state index contributed by atoms with van der Waals surface area (Å²) in [6.07, 6.45) is 3.02. The molecule has 3 nitrogen and oxygen atoms in total. The van der Waals surface area contributed by atoms with Crippen LogP contribution in [0.4, 0.5) is 5.69 Å². The summed E-state index contributed by atoms with van der Waals surface area (Å²) in [4.78, 5) is 11.8. The van der Waals surface area contributed by atoms with Gasteiger partial charge in [0.05, 0.1) is 11.3 Å². The Kier molecular flexibility index (Phi) is 4.54. The van der Waals surface area contributed by atoms with Crippen molar-refractivity contribution in [2.24, 2.45) is 0 Å². The van der Waals surface area contributed by atoms with Gasteiger partial charge < -0.3 is 5.32 Å². The Morgan fingerprint density at radius 2 is 1.85 bits per heavy atom. The summed E-state index contributed by atoms with van der Waals surface area (Å²) in [5.74, 6) is -0.312. The molecule has 0 unspecified atom stereocenters. The number of nitrogens with zero attached hydrogens (tertiary/aromatic N) is 1. The number of halogens is 1. The molecule has 0 aliphatic heterocycles. The van der Waals surface area contributed by atoms with Crippen molar-refractivity contribution >= 4 is 29.3 Å². The van der Waals surface area contributed by atoms with Crippen LogP contribution in [0.25, 0.3) is 6.08 Å². The van der Waals surface area contributed by atoms with Crippen LogP contribution in [-0.4, -0.2) is 5.91 Å². The average Bonchev–Trinajstić information content (AvgIpc) is 2.47. The van der Waals surface area contributed by atoms with Crippen LogP contribution in [0.3, 0.4) is 0 Å². The first-order valence-corrected chi connectivity index (χ1v) is 6.31. The van der Waals surface area contributed by atoms with Crippen LogP contribution in [0.1, 0.15) is 11.1 Å². The lowest BCUT2D eigenvalue weighted by molar-refractivity contribution is -0.111. The molecule has 4 heteroatoms. The first-order chi connectivity index (χ1) is 9.70. The van der Waals surface area contributed by atoms with Gasteiger partial charge in [-0.15, -0.1) is 0 Å². The summed E-state index contributed by atoms with van der Waals surface area (Å²) in [5.41, 5.74) is 1.67. The summed E-state index contributed by atoms with van der Waals surface area (Å²) in [6.45, 7) is 0. The van der Waals surface area contributed by atoms with Crippen LogP contribution in [0.15, 0.2) is 54.6 Å². The number of nitrogens with one attached hydrogen (secondary N) is 1. The lowest BCUT2D eigenvalue weighted by Gasteiger charge is -2.03. The van der Waals surface area contributed by atoms with Gasteiger partial charge >= 0.3 is 0 Å². The third-order valence-electron chi connectivity index (χ3n) is 2.62. The molecule has 0 saturated heterocycles. The molecule has 2 rings (SSSR count). The number of carbonyl (C=O) groups excluding carboxylic acids is 1. The minimum Gasteiger partial charge on any atom is -0.321 e. The average molecular weight is 283 g/mol. The largest absolute Gasteiger partial charge is 0.321 e. The molecular formula is C16H11ClN2O. The van der Waals surface area contributed by atoms with Gasteiger partial charge in [-0.25, -0.2) is 0 Å². The van der Waals surface area contributed by atoms with Crippen molar-refractivity contribution in [2.45, 2.75) is 0 Å². The summed E-state index contributed by atoms with van der Waals surface area (Å²) in [5, 5.41) is 12.2. The number of nitriles is 1. The predicted molar refractivity (Wildman–Crippen MR) is 80.3 cm³/mol. The number of hydrogen-bond donors (Lipinski definition) is 1. The Morgan fingerprint density at radius 1 is 1.15 bits per heavy atom. The molecule has 2 aromatic carbocycles. The van der Waals surface area contributed by atoms with Gasteiger partial charge in [0.1, 0.15) is 6.07 Å². The number of hydrogen-bond acceptors (Lipinski definition) is 2. The molecule has 0 spiro atoms. The normalized spacial score (nSPS) is 10.2. The Balaban J connectivity index is 2.10. The Bertz CT molecular complexity index is 702. The zero-order valence-corrected chi connectivity index (χ0v) is 11.3. The highest BCUT2D eigenvalue weighted by atomic mass is 35.5. The van der Waals surface area contributed by atoms with E-state index >= 15 is 0 Å². The van der Waals surface area contributed by atoms with Gasteiger partial charge in [-0.1, -0.05) is 41.9 Å². The second kappa shape index (κ2) is 6.55. The quantitative estimate of drug-likeness (QED) is 0.869. The highest BCUT2D eigenvalue weighted by Gasteiger charge is 2.03. The maximum Gasteiger partial charge on any atom is 0.248 e. The molecule has 0 bridgehead atoms. The number of anilines is 1. The molecule has 0 atom stereocenters. The standard InChI is InChI=1S/C16H11ClN2O/c17-14-7-3-1-5-12(14)9-10-16(20)19-15-8-4-2-6-13(15)11-18/h1-10H,(H,19,20)/b10-9+.